The summed E-state index contributed by atoms with van der Waals surface area (Å²) in [5, 5.41) is 5.05. The minimum atomic E-state index is -0.0340. The number of methoxy groups -OCH3 is 1. The van der Waals surface area contributed by atoms with E-state index in [4.69, 9.17) is 4.74 Å². The van der Waals surface area contributed by atoms with E-state index in [1.165, 1.54) is 5.56 Å². The van der Waals surface area contributed by atoms with Crippen molar-refractivity contribution in [3.05, 3.63) is 77.9 Å². The van der Waals surface area contributed by atoms with Crippen molar-refractivity contribution in [1.29, 1.82) is 0 Å². The predicted octanol–water partition coefficient (Wildman–Crippen LogP) is 4.55. The molecule has 1 aliphatic carbocycles. The second kappa shape index (κ2) is 8.89. The molecule has 1 heterocycles. The van der Waals surface area contributed by atoms with Crippen LogP contribution in [0.25, 0.3) is 10.8 Å². The molecule has 0 aromatic heterocycles. The van der Waals surface area contributed by atoms with E-state index >= 15 is 0 Å². The van der Waals surface area contributed by atoms with Crippen LogP contribution in [0.3, 0.4) is 0 Å². The van der Waals surface area contributed by atoms with Crippen LogP contribution in [0.5, 0.6) is 5.75 Å². The Labute approximate surface area is 194 Å². The highest BCUT2D eigenvalue weighted by molar-refractivity contribution is 6.08. The molecule has 1 N–H and O–H groups in total. The highest BCUT2D eigenvalue weighted by Crippen LogP contribution is 2.47. The number of piperidine rings is 1. The maximum absolute atomic E-state index is 13.3. The molecular weight excluding hydrogens is 412 g/mol. The number of hydrogen-bond acceptors (Lipinski definition) is 3. The molecule has 2 fully saturated rings. The Morgan fingerprint density at radius 2 is 1.61 bits per heavy atom. The summed E-state index contributed by atoms with van der Waals surface area (Å²) in [5.74, 6) is 0.877. The van der Waals surface area contributed by atoms with Crippen LogP contribution < -0.4 is 10.1 Å². The lowest BCUT2D eigenvalue weighted by Crippen LogP contribution is -2.44. The van der Waals surface area contributed by atoms with Gasteiger partial charge in [-0.1, -0.05) is 54.6 Å². The maximum Gasteiger partial charge on any atom is 0.254 e. The van der Waals surface area contributed by atoms with Crippen molar-refractivity contribution in [3.8, 4) is 5.75 Å². The third-order valence-electron chi connectivity index (χ3n) is 7.33. The number of nitrogens with one attached hydrogen (secondary N) is 1. The van der Waals surface area contributed by atoms with Crippen LogP contribution in [0.2, 0.25) is 0 Å². The first-order valence-corrected chi connectivity index (χ1v) is 11.8. The third-order valence-corrected chi connectivity index (χ3v) is 7.33. The number of amides is 2. The zero-order valence-corrected chi connectivity index (χ0v) is 19.0. The van der Waals surface area contributed by atoms with Gasteiger partial charge in [-0.2, -0.15) is 0 Å². The number of carbonyl (C=O) groups excluding carboxylic acids is 2. The first-order chi connectivity index (χ1) is 16.1. The number of hydrogen-bond donors (Lipinski definition) is 1. The number of rotatable bonds is 6. The first-order valence-electron chi connectivity index (χ1n) is 11.8. The Hall–Kier alpha value is -3.34. The molecule has 1 saturated carbocycles. The van der Waals surface area contributed by atoms with Gasteiger partial charge in [0.2, 0.25) is 5.91 Å². The zero-order valence-electron chi connectivity index (χ0n) is 19.0. The average molecular weight is 443 g/mol. The summed E-state index contributed by atoms with van der Waals surface area (Å²) in [5.41, 5.74) is 2.12. The number of likely N-dealkylation sites (tertiary alicyclic amines) is 1. The van der Waals surface area contributed by atoms with E-state index in [2.05, 4.69) is 29.6 Å². The van der Waals surface area contributed by atoms with Gasteiger partial charge in [0.1, 0.15) is 5.75 Å². The van der Waals surface area contributed by atoms with Crippen LogP contribution in [0.4, 0.5) is 0 Å². The van der Waals surface area contributed by atoms with Gasteiger partial charge in [0, 0.05) is 41.9 Å². The second-order valence-corrected chi connectivity index (χ2v) is 9.29. The number of fused-ring (bicyclic) bond motifs is 1. The third kappa shape index (κ3) is 4.20. The molecule has 1 saturated heterocycles. The van der Waals surface area contributed by atoms with Gasteiger partial charge in [-0.15, -0.1) is 0 Å². The lowest BCUT2D eigenvalue weighted by atomic mass is 9.93. The molecule has 5 heteroatoms. The van der Waals surface area contributed by atoms with Crippen LogP contribution >= 0.6 is 0 Å². The molecule has 0 unspecified atom stereocenters. The fourth-order valence-corrected chi connectivity index (χ4v) is 5.06. The van der Waals surface area contributed by atoms with Gasteiger partial charge in [0.05, 0.1) is 7.11 Å². The van der Waals surface area contributed by atoms with E-state index in [-0.39, 0.29) is 23.1 Å². The average Bonchev–Trinajstić information content (AvgIpc) is 3.68. The zero-order chi connectivity index (χ0) is 22.8. The van der Waals surface area contributed by atoms with Crippen molar-refractivity contribution in [3.63, 3.8) is 0 Å². The Morgan fingerprint density at radius 3 is 2.27 bits per heavy atom. The molecule has 0 spiro atoms. The summed E-state index contributed by atoms with van der Waals surface area (Å²) in [4.78, 5) is 28.0. The highest BCUT2D eigenvalue weighted by Gasteiger charge is 2.44. The molecule has 3 aromatic carbocycles. The lowest BCUT2D eigenvalue weighted by Gasteiger charge is -2.32. The van der Waals surface area contributed by atoms with E-state index in [0.29, 0.717) is 38.0 Å². The van der Waals surface area contributed by atoms with Crippen molar-refractivity contribution in [1.82, 2.24) is 10.2 Å². The summed E-state index contributed by atoms with van der Waals surface area (Å²) in [6.07, 6.45) is 3.65. The van der Waals surface area contributed by atoms with E-state index < -0.39 is 0 Å². The lowest BCUT2D eigenvalue weighted by molar-refractivity contribution is -0.126. The monoisotopic (exact) mass is 442 g/mol. The molecule has 5 rings (SSSR count). The molecule has 2 aliphatic rings. The molecule has 1 aliphatic heterocycles. The fraction of sp³-hybridized carbons (Fsp3) is 0.357. The standard InChI is InChI=1S/C28H30N2O3/c1-33-25-12-11-24(22-9-5-6-10-23(22)25)27(32)30-17-13-20(14-18-30)26(31)29-19-28(15-16-28)21-7-3-2-4-8-21/h2-12,20H,13-19H2,1H3,(H,29,31). The Kier molecular flexibility index (Phi) is 5.79. The minimum absolute atomic E-state index is 0.0220. The topological polar surface area (TPSA) is 58.6 Å². The first kappa shape index (κ1) is 21.5. The number of nitrogens with zero attached hydrogens (tertiary/aromatic N) is 1. The van der Waals surface area contributed by atoms with Crippen molar-refractivity contribution in [2.75, 3.05) is 26.7 Å². The molecule has 0 bridgehead atoms. The number of ether oxygens (including phenoxy) is 1. The molecular formula is C28H30N2O3. The SMILES string of the molecule is COc1ccc(C(=O)N2CCC(C(=O)NCC3(c4ccccc4)CC3)CC2)c2ccccc12. The van der Waals surface area contributed by atoms with Crippen LogP contribution in [0.1, 0.15) is 41.6 Å². The summed E-state index contributed by atoms with van der Waals surface area (Å²) in [7, 11) is 1.64. The largest absolute Gasteiger partial charge is 0.496 e. The van der Waals surface area contributed by atoms with Crippen LogP contribution in [0.15, 0.2) is 66.7 Å². The summed E-state index contributed by atoms with van der Waals surface area (Å²) in [6, 6.07) is 22.0. The van der Waals surface area contributed by atoms with Crippen molar-refractivity contribution in [2.24, 2.45) is 5.92 Å². The Morgan fingerprint density at radius 1 is 0.939 bits per heavy atom. The summed E-state index contributed by atoms with van der Waals surface area (Å²) in [6.45, 7) is 1.90. The van der Waals surface area contributed by atoms with Crippen molar-refractivity contribution in [2.45, 2.75) is 31.1 Å². The molecule has 0 radical (unpaired) electrons. The van der Waals surface area contributed by atoms with Gasteiger partial charge in [-0.05, 0) is 48.8 Å². The molecule has 33 heavy (non-hydrogen) atoms. The van der Waals surface area contributed by atoms with Crippen molar-refractivity contribution < 1.29 is 14.3 Å². The van der Waals surface area contributed by atoms with Crippen molar-refractivity contribution >= 4 is 22.6 Å². The van der Waals surface area contributed by atoms with Gasteiger partial charge >= 0.3 is 0 Å². The van der Waals surface area contributed by atoms with E-state index in [1.54, 1.807) is 7.11 Å². The molecule has 3 aromatic rings. The van der Waals surface area contributed by atoms with Gasteiger partial charge in [-0.3, -0.25) is 9.59 Å². The highest BCUT2D eigenvalue weighted by atomic mass is 16.5. The quantitative estimate of drug-likeness (QED) is 0.609. The molecule has 2 amide bonds. The van der Waals surface area contributed by atoms with Gasteiger partial charge in [-0.25, -0.2) is 0 Å². The van der Waals surface area contributed by atoms with Gasteiger partial charge in [0.15, 0.2) is 0 Å². The van der Waals surface area contributed by atoms with Crippen LogP contribution in [0, 0.1) is 5.92 Å². The maximum atomic E-state index is 13.3. The summed E-state index contributed by atoms with van der Waals surface area (Å²) < 4.78 is 5.46. The minimum Gasteiger partial charge on any atom is -0.496 e. The van der Waals surface area contributed by atoms with Crippen LogP contribution in [-0.4, -0.2) is 43.5 Å². The Bertz CT molecular complexity index is 1160. The fourth-order valence-electron chi connectivity index (χ4n) is 5.06. The summed E-state index contributed by atoms with van der Waals surface area (Å²) >= 11 is 0. The van der Waals surface area contributed by atoms with E-state index in [1.807, 2.05) is 47.4 Å². The number of benzene rings is 3. The number of carbonyl (C=O) groups is 2. The van der Waals surface area contributed by atoms with E-state index in [0.717, 1.165) is 29.4 Å². The van der Waals surface area contributed by atoms with Crippen LogP contribution in [-0.2, 0) is 10.2 Å². The van der Waals surface area contributed by atoms with E-state index in [9.17, 15) is 9.59 Å². The predicted molar refractivity (Wildman–Crippen MR) is 129 cm³/mol. The smallest absolute Gasteiger partial charge is 0.254 e. The second-order valence-electron chi connectivity index (χ2n) is 9.29. The van der Waals surface area contributed by atoms with Gasteiger partial charge < -0.3 is 15.0 Å². The molecule has 0 atom stereocenters. The Balaban J connectivity index is 1.20. The normalized spacial score (nSPS) is 17.5. The molecule has 5 nitrogen and oxygen atoms in total. The molecule has 170 valence electrons. The van der Waals surface area contributed by atoms with Gasteiger partial charge in [0.25, 0.3) is 5.91 Å².